The average Bonchev–Trinajstić information content (AvgIpc) is 2.54. The van der Waals surface area contributed by atoms with Crippen LogP contribution in [0.3, 0.4) is 0 Å². The number of nitrogens with one attached hydrogen (secondary N) is 2. The van der Waals surface area contributed by atoms with Gasteiger partial charge >= 0.3 is 5.69 Å². The highest BCUT2D eigenvalue weighted by molar-refractivity contribution is 7.98. The van der Waals surface area contributed by atoms with Gasteiger partial charge in [0, 0.05) is 36.6 Å². The third kappa shape index (κ3) is 4.28. The van der Waals surface area contributed by atoms with E-state index < -0.39 is 16.4 Å². The largest absolute Gasteiger partial charge is 0.381 e. The summed E-state index contributed by atoms with van der Waals surface area (Å²) in [6, 6.07) is 3.69. The van der Waals surface area contributed by atoms with Gasteiger partial charge in [0.05, 0.1) is 4.92 Å². The van der Waals surface area contributed by atoms with Crippen molar-refractivity contribution in [3.8, 4) is 0 Å². The molecule has 122 valence electrons. The molecule has 0 amide bonds. The highest BCUT2D eigenvalue weighted by atomic mass is 32.2. The number of nitro groups is 1. The van der Waals surface area contributed by atoms with Crippen LogP contribution in [0.25, 0.3) is 0 Å². The molecule has 0 bridgehead atoms. The molecular weight excluding hydrogens is 321 g/mol. The van der Waals surface area contributed by atoms with Gasteiger partial charge in [0.1, 0.15) is 5.82 Å². The van der Waals surface area contributed by atoms with Crippen molar-refractivity contribution in [1.82, 2.24) is 9.97 Å². The van der Waals surface area contributed by atoms with Crippen LogP contribution in [0.2, 0.25) is 0 Å². The van der Waals surface area contributed by atoms with E-state index >= 15 is 0 Å². The molecule has 2 aromatic rings. The predicted octanol–water partition coefficient (Wildman–Crippen LogP) is 3.29. The van der Waals surface area contributed by atoms with Crippen LogP contribution in [0.15, 0.2) is 29.6 Å². The monoisotopic (exact) mass is 337 g/mol. The minimum Gasteiger partial charge on any atom is -0.381 e. The molecule has 0 fully saturated rings. The van der Waals surface area contributed by atoms with Gasteiger partial charge in [-0.3, -0.25) is 10.1 Å². The molecule has 7 nitrogen and oxygen atoms in total. The van der Waals surface area contributed by atoms with Crippen LogP contribution in [0.1, 0.15) is 12.5 Å². The first-order chi connectivity index (χ1) is 11.0. The summed E-state index contributed by atoms with van der Waals surface area (Å²) in [6.45, 7) is 3.03. The van der Waals surface area contributed by atoms with E-state index in [-0.39, 0.29) is 0 Å². The molecule has 0 aliphatic heterocycles. The molecule has 0 aliphatic rings. The highest BCUT2D eigenvalue weighted by Crippen LogP contribution is 2.23. The molecule has 2 N–H and O–H groups in total. The minimum absolute atomic E-state index is 0.361. The first-order valence-corrected chi connectivity index (χ1v) is 8.09. The smallest absolute Gasteiger partial charge is 0.306 e. The molecule has 1 aromatic heterocycles. The predicted molar refractivity (Wildman–Crippen MR) is 88.4 cm³/mol. The number of hydrogen-bond acceptors (Lipinski definition) is 7. The van der Waals surface area contributed by atoms with Crippen molar-refractivity contribution in [3.05, 3.63) is 45.9 Å². The number of rotatable bonds is 7. The Labute approximate surface area is 136 Å². The van der Waals surface area contributed by atoms with Gasteiger partial charge in [0.2, 0.25) is 5.82 Å². The Morgan fingerprint density at radius 1 is 1.39 bits per heavy atom. The van der Waals surface area contributed by atoms with Crippen LogP contribution < -0.4 is 10.6 Å². The molecule has 0 radical (unpaired) electrons. The second-order valence-electron chi connectivity index (χ2n) is 4.54. The number of hydrogen-bond donors (Lipinski definition) is 2. The quantitative estimate of drug-likeness (QED) is 0.346. The van der Waals surface area contributed by atoms with Gasteiger partial charge in [-0.25, -0.2) is 9.97 Å². The number of thioether (sulfide) groups is 1. The second kappa shape index (κ2) is 7.73. The van der Waals surface area contributed by atoms with Crippen LogP contribution in [-0.4, -0.2) is 27.7 Å². The van der Waals surface area contributed by atoms with Crippen molar-refractivity contribution in [3.63, 3.8) is 0 Å². The highest BCUT2D eigenvalue weighted by Gasteiger charge is 2.14. The standard InChI is InChI=1S/C14H16FN5O2S/c1-3-16-13-9(8-18-14(19-13)23-2)7-17-10-4-5-11(15)12(6-10)20(21)22/h4-6,8,17H,3,7H2,1-2H3,(H,16,18,19). The minimum atomic E-state index is -0.860. The molecule has 1 aromatic carbocycles. The number of nitrogens with zero attached hydrogens (tertiary/aromatic N) is 3. The van der Waals surface area contributed by atoms with Crippen LogP contribution in [0.4, 0.5) is 21.6 Å². The fourth-order valence-electron chi connectivity index (χ4n) is 1.90. The number of aromatic nitrogens is 2. The maximum absolute atomic E-state index is 13.3. The van der Waals surface area contributed by atoms with E-state index in [0.29, 0.717) is 29.8 Å². The zero-order valence-electron chi connectivity index (χ0n) is 12.7. The van der Waals surface area contributed by atoms with Gasteiger partial charge in [-0.05, 0) is 25.3 Å². The van der Waals surface area contributed by atoms with Gasteiger partial charge in [0.25, 0.3) is 0 Å². The number of anilines is 2. The van der Waals surface area contributed by atoms with Crippen molar-refractivity contribution in [2.24, 2.45) is 0 Å². The first-order valence-electron chi connectivity index (χ1n) is 6.86. The summed E-state index contributed by atoms with van der Waals surface area (Å²) in [7, 11) is 0. The molecule has 2 rings (SSSR count). The van der Waals surface area contributed by atoms with Crippen LogP contribution >= 0.6 is 11.8 Å². The molecule has 0 spiro atoms. The molecule has 0 saturated carbocycles. The Morgan fingerprint density at radius 2 is 2.17 bits per heavy atom. The Balaban J connectivity index is 2.17. The lowest BCUT2D eigenvalue weighted by Gasteiger charge is -2.12. The fraction of sp³-hybridized carbons (Fsp3) is 0.286. The molecule has 0 saturated heterocycles. The van der Waals surface area contributed by atoms with E-state index in [1.807, 2.05) is 13.2 Å². The summed E-state index contributed by atoms with van der Waals surface area (Å²) in [6.07, 6.45) is 3.59. The van der Waals surface area contributed by atoms with E-state index in [1.165, 1.54) is 23.9 Å². The lowest BCUT2D eigenvalue weighted by atomic mass is 10.2. The van der Waals surface area contributed by atoms with Crippen molar-refractivity contribution in [2.45, 2.75) is 18.6 Å². The third-order valence-corrected chi connectivity index (χ3v) is 3.56. The number of nitro benzene ring substituents is 1. The third-order valence-electron chi connectivity index (χ3n) is 3.00. The van der Waals surface area contributed by atoms with Gasteiger partial charge in [-0.2, -0.15) is 4.39 Å². The molecule has 23 heavy (non-hydrogen) atoms. The molecular formula is C14H16FN5O2S. The maximum atomic E-state index is 13.3. The van der Waals surface area contributed by atoms with Gasteiger partial charge < -0.3 is 10.6 Å². The summed E-state index contributed by atoms with van der Waals surface area (Å²) in [5.41, 5.74) is 0.710. The van der Waals surface area contributed by atoms with Crippen LogP contribution in [0, 0.1) is 15.9 Å². The van der Waals surface area contributed by atoms with Crippen LogP contribution in [0.5, 0.6) is 0 Å². The molecule has 0 atom stereocenters. The Morgan fingerprint density at radius 3 is 2.83 bits per heavy atom. The zero-order chi connectivity index (χ0) is 16.8. The van der Waals surface area contributed by atoms with Gasteiger partial charge in [-0.15, -0.1) is 0 Å². The Kier molecular flexibility index (Phi) is 5.69. The van der Waals surface area contributed by atoms with E-state index in [1.54, 1.807) is 6.20 Å². The zero-order valence-corrected chi connectivity index (χ0v) is 13.5. The van der Waals surface area contributed by atoms with Gasteiger partial charge in [-0.1, -0.05) is 11.8 Å². The molecule has 9 heteroatoms. The summed E-state index contributed by atoms with van der Waals surface area (Å²) in [5, 5.41) is 17.6. The molecule has 0 aliphatic carbocycles. The van der Waals surface area contributed by atoms with Crippen molar-refractivity contribution in [2.75, 3.05) is 23.4 Å². The maximum Gasteiger partial charge on any atom is 0.306 e. The average molecular weight is 337 g/mol. The Bertz CT molecular complexity index is 714. The lowest BCUT2D eigenvalue weighted by Crippen LogP contribution is -2.09. The van der Waals surface area contributed by atoms with E-state index in [0.717, 1.165) is 11.6 Å². The van der Waals surface area contributed by atoms with Crippen molar-refractivity contribution < 1.29 is 9.31 Å². The van der Waals surface area contributed by atoms with Crippen LogP contribution in [-0.2, 0) is 6.54 Å². The molecule has 0 unspecified atom stereocenters. The number of halogens is 1. The second-order valence-corrected chi connectivity index (χ2v) is 5.31. The topological polar surface area (TPSA) is 93.0 Å². The summed E-state index contributed by atoms with van der Waals surface area (Å²) >= 11 is 1.44. The van der Waals surface area contributed by atoms with Crippen molar-refractivity contribution >= 4 is 29.0 Å². The summed E-state index contributed by atoms with van der Waals surface area (Å²) < 4.78 is 13.3. The van der Waals surface area contributed by atoms with Gasteiger partial charge in [0.15, 0.2) is 5.16 Å². The van der Waals surface area contributed by atoms with Crippen molar-refractivity contribution in [1.29, 1.82) is 0 Å². The SMILES string of the molecule is CCNc1nc(SC)ncc1CNc1ccc(F)c([N+](=O)[O-])c1. The van der Waals surface area contributed by atoms with E-state index in [2.05, 4.69) is 20.6 Å². The summed E-state index contributed by atoms with van der Waals surface area (Å²) in [4.78, 5) is 18.6. The Hall–Kier alpha value is -2.42. The fourth-order valence-corrected chi connectivity index (χ4v) is 2.24. The first kappa shape index (κ1) is 16.9. The normalized spacial score (nSPS) is 10.4. The summed E-state index contributed by atoms with van der Waals surface area (Å²) in [5.74, 6) is -0.155. The van der Waals surface area contributed by atoms with E-state index in [4.69, 9.17) is 0 Å². The lowest BCUT2D eigenvalue weighted by molar-refractivity contribution is -0.387. The van der Waals surface area contributed by atoms with E-state index in [9.17, 15) is 14.5 Å². The molecule has 1 heterocycles. The number of benzene rings is 1.